The quantitative estimate of drug-likeness (QED) is 0.671. The number of likely N-dealkylation sites (tertiary alicyclic amines) is 1. The van der Waals surface area contributed by atoms with E-state index in [9.17, 15) is 14.4 Å². The molecule has 0 unspecified atom stereocenters. The van der Waals surface area contributed by atoms with Gasteiger partial charge >= 0.3 is 0 Å². The number of nitrogens with zero attached hydrogens (tertiary/aromatic N) is 1. The number of hydrogen-bond acceptors (Lipinski definition) is 3. The van der Waals surface area contributed by atoms with Gasteiger partial charge in [-0.1, -0.05) is 55.8 Å². The molecule has 1 N–H and O–H groups in total. The van der Waals surface area contributed by atoms with Crippen LogP contribution in [-0.4, -0.2) is 41.6 Å². The van der Waals surface area contributed by atoms with Crippen molar-refractivity contribution < 1.29 is 14.4 Å². The van der Waals surface area contributed by atoms with Crippen LogP contribution in [0.5, 0.6) is 0 Å². The second kappa shape index (κ2) is 10.4. The highest BCUT2D eigenvalue weighted by Gasteiger charge is 2.24. The number of ketones is 1. The van der Waals surface area contributed by atoms with Gasteiger partial charge in [0.25, 0.3) is 5.91 Å². The van der Waals surface area contributed by atoms with Gasteiger partial charge in [0.05, 0.1) is 0 Å². The number of rotatable bonds is 7. The summed E-state index contributed by atoms with van der Waals surface area (Å²) in [6, 6.07) is 15.3. The molecule has 0 spiro atoms. The zero-order chi connectivity index (χ0) is 22.4. The van der Waals surface area contributed by atoms with Crippen LogP contribution >= 0.6 is 0 Å². The molecule has 0 atom stereocenters. The number of aryl methyl sites for hydroxylation is 1. The maximum atomic E-state index is 12.7. The third kappa shape index (κ3) is 6.27. The number of hydrogen-bond donors (Lipinski definition) is 1. The monoisotopic (exact) mass is 420 g/mol. The SMILES string of the molecule is Cc1ccc(C(=O)CCC(=O)NC2CCN(C(=O)c3ccc(C(C)C)cc3)CC2)cc1. The van der Waals surface area contributed by atoms with E-state index in [1.807, 2.05) is 48.2 Å². The molecule has 1 aliphatic rings. The molecule has 1 fully saturated rings. The first-order valence-corrected chi connectivity index (χ1v) is 11.1. The zero-order valence-electron chi connectivity index (χ0n) is 18.7. The normalized spacial score (nSPS) is 14.5. The Kier molecular flexibility index (Phi) is 7.61. The highest BCUT2D eigenvalue weighted by atomic mass is 16.2. The van der Waals surface area contributed by atoms with Gasteiger partial charge in [-0.3, -0.25) is 14.4 Å². The number of piperidine rings is 1. The number of Topliss-reactive ketones (excluding diaryl/α,β-unsaturated/α-hetero) is 1. The Morgan fingerprint density at radius 1 is 0.903 bits per heavy atom. The van der Waals surface area contributed by atoms with Gasteiger partial charge in [0.2, 0.25) is 5.91 Å². The zero-order valence-corrected chi connectivity index (χ0v) is 18.7. The molecule has 0 radical (unpaired) electrons. The van der Waals surface area contributed by atoms with Crippen molar-refractivity contribution in [2.24, 2.45) is 0 Å². The van der Waals surface area contributed by atoms with Gasteiger partial charge in [-0.2, -0.15) is 0 Å². The largest absolute Gasteiger partial charge is 0.353 e. The summed E-state index contributed by atoms with van der Waals surface area (Å²) in [6.07, 6.45) is 1.85. The molecule has 5 nitrogen and oxygen atoms in total. The first-order valence-electron chi connectivity index (χ1n) is 11.1. The van der Waals surface area contributed by atoms with Crippen LogP contribution in [0.1, 0.15) is 77.3 Å². The fourth-order valence-corrected chi connectivity index (χ4v) is 3.83. The summed E-state index contributed by atoms with van der Waals surface area (Å²) in [7, 11) is 0. The molecule has 31 heavy (non-hydrogen) atoms. The summed E-state index contributed by atoms with van der Waals surface area (Å²) >= 11 is 0. The summed E-state index contributed by atoms with van der Waals surface area (Å²) in [5.41, 5.74) is 3.68. The molecule has 0 saturated carbocycles. The molecule has 2 aromatic rings. The third-order valence-corrected chi connectivity index (χ3v) is 5.92. The first kappa shape index (κ1) is 22.7. The number of amides is 2. The molecule has 2 amide bonds. The summed E-state index contributed by atoms with van der Waals surface area (Å²) in [5, 5.41) is 3.02. The van der Waals surface area contributed by atoms with E-state index in [0.29, 0.717) is 30.1 Å². The Morgan fingerprint density at radius 3 is 2.06 bits per heavy atom. The van der Waals surface area contributed by atoms with Crippen molar-refractivity contribution in [1.82, 2.24) is 10.2 Å². The van der Waals surface area contributed by atoms with E-state index >= 15 is 0 Å². The van der Waals surface area contributed by atoms with Crippen molar-refractivity contribution in [3.8, 4) is 0 Å². The van der Waals surface area contributed by atoms with E-state index in [4.69, 9.17) is 0 Å². The maximum absolute atomic E-state index is 12.7. The molecule has 0 bridgehead atoms. The number of benzene rings is 2. The van der Waals surface area contributed by atoms with Crippen LogP contribution in [0, 0.1) is 6.92 Å². The van der Waals surface area contributed by atoms with Crippen LogP contribution < -0.4 is 5.32 Å². The topological polar surface area (TPSA) is 66.5 Å². The van der Waals surface area contributed by atoms with E-state index in [1.165, 1.54) is 5.56 Å². The molecule has 0 aliphatic carbocycles. The molecule has 5 heteroatoms. The lowest BCUT2D eigenvalue weighted by Gasteiger charge is -2.32. The van der Waals surface area contributed by atoms with Crippen LogP contribution in [0.3, 0.4) is 0 Å². The third-order valence-electron chi connectivity index (χ3n) is 5.92. The highest BCUT2D eigenvalue weighted by molar-refractivity contribution is 5.98. The van der Waals surface area contributed by atoms with E-state index in [-0.39, 0.29) is 36.5 Å². The molecule has 1 aliphatic heterocycles. The maximum Gasteiger partial charge on any atom is 0.253 e. The predicted octanol–water partition coefficient (Wildman–Crippen LogP) is 4.50. The fraction of sp³-hybridized carbons (Fsp3) is 0.423. The average Bonchev–Trinajstić information content (AvgIpc) is 2.78. The minimum atomic E-state index is -0.102. The molecule has 0 aromatic heterocycles. The Labute approximate surface area is 184 Å². The number of carbonyl (C=O) groups excluding carboxylic acids is 3. The predicted molar refractivity (Wildman–Crippen MR) is 122 cm³/mol. The number of nitrogens with one attached hydrogen (secondary N) is 1. The van der Waals surface area contributed by atoms with Gasteiger partial charge in [0.1, 0.15) is 0 Å². The Balaban J connectivity index is 1.42. The van der Waals surface area contributed by atoms with E-state index < -0.39 is 0 Å². The summed E-state index contributed by atoms with van der Waals surface area (Å²) < 4.78 is 0. The lowest BCUT2D eigenvalue weighted by molar-refractivity contribution is -0.122. The van der Waals surface area contributed by atoms with E-state index in [1.54, 1.807) is 12.1 Å². The lowest BCUT2D eigenvalue weighted by Crippen LogP contribution is -2.46. The second-order valence-electron chi connectivity index (χ2n) is 8.70. The lowest BCUT2D eigenvalue weighted by atomic mass is 10.00. The van der Waals surface area contributed by atoms with Crippen LogP contribution in [0.15, 0.2) is 48.5 Å². The van der Waals surface area contributed by atoms with E-state index in [2.05, 4.69) is 19.2 Å². The Hall–Kier alpha value is -2.95. The molecule has 1 saturated heterocycles. The van der Waals surface area contributed by atoms with Crippen molar-refractivity contribution in [1.29, 1.82) is 0 Å². The van der Waals surface area contributed by atoms with Gasteiger partial charge in [0, 0.05) is 43.1 Å². The molecule has 164 valence electrons. The smallest absolute Gasteiger partial charge is 0.253 e. The second-order valence-corrected chi connectivity index (χ2v) is 8.70. The minimum absolute atomic E-state index is 0.0148. The highest BCUT2D eigenvalue weighted by Crippen LogP contribution is 2.18. The Bertz CT molecular complexity index is 909. The summed E-state index contributed by atoms with van der Waals surface area (Å²) in [5.74, 6) is 0.369. The van der Waals surface area contributed by atoms with Crippen LogP contribution in [0.2, 0.25) is 0 Å². The van der Waals surface area contributed by atoms with Crippen LogP contribution in [0.4, 0.5) is 0 Å². The molecule has 2 aromatic carbocycles. The molecule has 1 heterocycles. The van der Waals surface area contributed by atoms with Gasteiger partial charge < -0.3 is 10.2 Å². The minimum Gasteiger partial charge on any atom is -0.353 e. The van der Waals surface area contributed by atoms with Crippen LogP contribution in [-0.2, 0) is 4.79 Å². The average molecular weight is 421 g/mol. The molecular weight excluding hydrogens is 388 g/mol. The van der Waals surface area contributed by atoms with Gasteiger partial charge in [-0.15, -0.1) is 0 Å². The van der Waals surface area contributed by atoms with Crippen molar-refractivity contribution in [2.45, 2.75) is 58.4 Å². The van der Waals surface area contributed by atoms with Gasteiger partial charge in [0.15, 0.2) is 5.78 Å². The van der Waals surface area contributed by atoms with E-state index in [0.717, 1.165) is 18.4 Å². The van der Waals surface area contributed by atoms with Crippen LogP contribution in [0.25, 0.3) is 0 Å². The fourth-order valence-electron chi connectivity index (χ4n) is 3.83. The number of carbonyl (C=O) groups is 3. The van der Waals surface area contributed by atoms with Crippen molar-refractivity contribution in [2.75, 3.05) is 13.1 Å². The van der Waals surface area contributed by atoms with Gasteiger partial charge in [-0.25, -0.2) is 0 Å². The molecule has 3 rings (SSSR count). The Morgan fingerprint density at radius 2 is 1.48 bits per heavy atom. The van der Waals surface area contributed by atoms with Gasteiger partial charge in [-0.05, 0) is 43.4 Å². The standard InChI is InChI=1S/C26H32N2O3/c1-18(2)20-8-10-22(11-9-20)26(31)28-16-14-23(15-17-28)27-25(30)13-12-24(29)21-6-4-19(3)5-7-21/h4-11,18,23H,12-17H2,1-3H3,(H,27,30). The molecular formula is C26H32N2O3. The summed E-state index contributed by atoms with van der Waals surface area (Å²) in [6.45, 7) is 7.49. The van der Waals surface area contributed by atoms with Crippen molar-refractivity contribution >= 4 is 17.6 Å². The van der Waals surface area contributed by atoms with Crippen molar-refractivity contribution in [3.05, 3.63) is 70.8 Å². The summed E-state index contributed by atoms with van der Waals surface area (Å²) in [4.78, 5) is 39.1. The van der Waals surface area contributed by atoms with Crippen molar-refractivity contribution in [3.63, 3.8) is 0 Å². The first-order chi connectivity index (χ1) is 14.8.